The fourth-order valence-corrected chi connectivity index (χ4v) is 1.96. The highest BCUT2D eigenvalue weighted by Gasteiger charge is 2.17. The predicted octanol–water partition coefficient (Wildman–Crippen LogP) is 2.03. The molecule has 0 heterocycles. The number of carbonyl (C=O) groups is 1. The van der Waals surface area contributed by atoms with Crippen LogP contribution in [0.5, 0.6) is 5.75 Å². The van der Waals surface area contributed by atoms with E-state index in [1.54, 1.807) is 33.1 Å². The molecular formula is C14H20BrNO4. The van der Waals surface area contributed by atoms with Gasteiger partial charge in [0.2, 0.25) is 0 Å². The first-order valence-corrected chi connectivity index (χ1v) is 7.15. The smallest absolute Gasteiger partial charge is 0.260 e. The van der Waals surface area contributed by atoms with E-state index < -0.39 is 12.2 Å². The lowest BCUT2D eigenvalue weighted by Crippen LogP contribution is -2.38. The number of rotatable bonds is 7. The summed E-state index contributed by atoms with van der Waals surface area (Å²) in [5.41, 5.74) is 0.643. The van der Waals surface area contributed by atoms with Crippen LogP contribution in [0.2, 0.25) is 0 Å². The van der Waals surface area contributed by atoms with E-state index in [0.29, 0.717) is 24.5 Å². The van der Waals surface area contributed by atoms with Crippen LogP contribution in [-0.2, 0) is 9.53 Å². The van der Waals surface area contributed by atoms with E-state index in [9.17, 15) is 9.90 Å². The Labute approximate surface area is 127 Å². The zero-order valence-corrected chi connectivity index (χ0v) is 13.4. The lowest BCUT2D eigenvalue weighted by atomic mass is 10.1. The molecule has 20 heavy (non-hydrogen) atoms. The number of benzene rings is 1. The molecule has 6 heteroatoms. The molecule has 1 aromatic rings. The zero-order valence-electron chi connectivity index (χ0n) is 11.9. The number of halogens is 1. The third kappa shape index (κ3) is 5.11. The first kappa shape index (κ1) is 16.9. The Bertz CT molecular complexity index is 451. The second kappa shape index (κ2) is 8.24. The summed E-state index contributed by atoms with van der Waals surface area (Å²) in [4.78, 5) is 11.8. The summed E-state index contributed by atoms with van der Waals surface area (Å²) < 4.78 is 11.3. The molecule has 1 amide bonds. The average molecular weight is 346 g/mol. The maximum absolute atomic E-state index is 11.8. The lowest BCUT2D eigenvalue weighted by molar-refractivity contribution is -0.127. The maximum Gasteiger partial charge on any atom is 0.260 e. The Balaban J connectivity index is 2.71. The number of amides is 1. The van der Waals surface area contributed by atoms with Crippen LogP contribution >= 0.6 is 15.9 Å². The maximum atomic E-state index is 11.8. The monoisotopic (exact) mass is 345 g/mol. The molecular weight excluding hydrogens is 326 g/mol. The third-order valence-corrected chi connectivity index (χ3v) is 3.20. The third-order valence-electron chi connectivity index (χ3n) is 2.70. The van der Waals surface area contributed by atoms with Gasteiger partial charge in [-0.3, -0.25) is 4.79 Å². The largest absolute Gasteiger partial charge is 0.480 e. The standard InChI is InChI=1S/C14H20BrNO4/c1-9(17)12-5-4-11(15)8-13(12)20-10(2)14(18)16-6-7-19-3/h4-5,8-10,17H,6-7H2,1-3H3,(H,16,18)/t9-,10?/m0/s1. The molecule has 0 fully saturated rings. The molecule has 0 aliphatic heterocycles. The normalized spacial score (nSPS) is 13.7. The summed E-state index contributed by atoms with van der Waals surface area (Å²) in [7, 11) is 1.57. The van der Waals surface area contributed by atoms with Crippen molar-refractivity contribution in [3.63, 3.8) is 0 Å². The van der Waals surface area contributed by atoms with E-state index in [1.165, 1.54) is 0 Å². The predicted molar refractivity (Wildman–Crippen MR) is 79.8 cm³/mol. The fourth-order valence-electron chi connectivity index (χ4n) is 1.62. The van der Waals surface area contributed by atoms with Crippen molar-refractivity contribution in [2.45, 2.75) is 26.1 Å². The molecule has 0 aliphatic rings. The SMILES string of the molecule is COCCNC(=O)C(C)Oc1cc(Br)ccc1[C@H](C)O. The first-order chi connectivity index (χ1) is 9.45. The highest BCUT2D eigenvalue weighted by atomic mass is 79.9. The van der Waals surface area contributed by atoms with Crippen LogP contribution in [0.25, 0.3) is 0 Å². The van der Waals surface area contributed by atoms with Gasteiger partial charge in [0, 0.05) is 23.7 Å². The second-order valence-electron chi connectivity index (χ2n) is 4.40. The summed E-state index contributed by atoms with van der Waals surface area (Å²) in [6.07, 6.45) is -1.32. The summed E-state index contributed by atoms with van der Waals surface area (Å²) >= 11 is 3.34. The number of carbonyl (C=O) groups excluding carboxylic acids is 1. The fraction of sp³-hybridized carbons (Fsp3) is 0.500. The van der Waals surface area contributed by atoms with Gasteiger partial charge in [-0.05, 0) is 26.0 Å². The number of methoxy groups -OCH3 is 1. The molecule has 1 unspecified atom stereocenters. The number of nitrogens with one attached hydrogen (secondary N) is 1. The summed E-state index contributed by atoms with van der Waals surface area (Å²) in [6.45, 7) is 4.20. The van der Waals surface area contributed by atoms with Gasteiger partial charge < -0.3 is 19.9 Å². The van der Waals surface area contributed by atoms with Gasteiger partial charge in [0.1, 0.15) is 5.75 Å². The first-order valence-electron chi connectivity index (χ1n) is 6.36. The van der Waals surface area contributed by atoms with Crippen molar-refractivity contribution in [3.05, 3.63) is 28.2 Å². The molecule has 0 bridgehead atoms. The zero-order chi connectivity index (χ0) is 15.1. The van der Waals surface area contributed by atoms with E-state index in [0.717, 1.165) is 4.47 Å². The van der Waals surface area contributed by atoms with Crippen molar-refractivity contribution in [3.8, 4) is 5.75 Å². The molecule has 1 rings (SSSR count). The number of ether oxygens (including phenoxy) is 2. The number of hydrogen-bond acceptors (Lipinski definition) is 4. The van der Waals surface area contributed by atoms with Crippen LogP contribution in [0.3, 0.4) is 0 Å². The molecule has 112 valence electrons. The molecule has 0 radical (unpaired) electrons. The van der Waals surface area contributed by atoms with Crippen LogP contribution in [0, 0.1) is 0 Å². The van der Waals surface area contributed by atoms with Gasteiger partial charge in [-0.2, -0.15) is 0 Å². The molecule has 0 spiro atoms. The van der Waals surface area contributed by atoms with Gasteiger partial charge >= 0.3 is 0 Å². The Morgan fingerprint density at radius 3 is 2.75 bits per heavy atom. The van der Waals surface area contributed by atoms with Gasteiger partial charge in [0.05, 0.1) is 12.7 Å². The highest BCUT2D eigenvalue weighted by molar-refractivity contribution is 9.10. The minimum Gasteiger partial charge on any atom is -0.480 e. The number of aliphatic hydroxyl groups excluding tert-OH is 1. The molecule has 0 saturated carbocycles. The van der Waals surface area contributed by atoms with Gasteiger partial charge in [-0.1, -0.05) is 22.0 Å². The number of hydrogen-bond donors (Lipinski definition) is 2. The van der Waals surface area contributed by atoms with Crippen LogP contribution in [-0.4, -0.2) is 37.4 Å². The van der Waals surface area contributed by atoms with Crippen LogP contribution in [0.15, 0.2) is 22.7 Å². The van der Waals surface area contributed by atoms with Gasteiger partial charge in [0.25, 0.3) is 5.91 Å². The van der Waals surface area contributed by atoms with Crippen molar-refractivity contribution in [1.29, 1.82) is 0 Å². The van der Waals surface area contributed by atoms with Crippen molar-refractivity contribution < 1.29 is 19.4 Å². The van der Waals surface area contributed by atoms with E-state index in [1.807, 2.05) is 6.07 Å². The summed E-state index contributed by atoms with van der Waals surface area (Å²) in [5, 5.41) is 12.4. The van der Waals surface area contributed by atoms with Crippen molar-refractivity contribution in [2.24, 2.45) is 0 Å². The van der Waals surface area contributed by atoms with Gasteiger partial charge in [0.15, 0.2) is 6.10 Å². The van der Waals surface area contributed by atoms with Gasteiger partial charge in [-0.25, -0.2) is 0 Å². The molecule has 2 N–H and O–H groups in total. The Kier molecular flexibility index (Phi) is 6.98. The molecule has 1 aromatic carbocycles. The topological polar surface area (TPSA) is 67.8 Å². The van der Waals surface area contributed by atoms with E-state index in [-0.39, 0.29) is 5.91 Å². The minimum absolute atomic E-state index is 0.224. The van der Waals surface area contributed by atoms with Crippen molar-refractivity contribution in [1.82, 2.24) is 5.32 Å². The Morgan fingerprint density at radius 2 is 2.15 bits per heavy atom. The van der Waals surface area contributed by atoms with E-state index in [4.69, 9.17) is 9.47 Å². The van der Waals surface area contributed by atoms with E-state index >= 15 is 0 Å². The quantitative estimate of drug-likeness (QED) is 0.742. The van der Waals surface area contributed by atoms with Crippen LogP contribution < -0.4 is 10.1 Å². The molecule has 5 nitrogen and oxygen atoms in total. The number of aliphatic hydroxyl groups is 1. The lowest BCUT2D eigenvalue weighted by Gasteiger charge is -2.18. The molecule has 0 saturated heterocycles. The average Bonchev–Trinajstić information content (AvgIpc) is 2.38. The highest BCUT2D eigenvalue weighted by Crippen LogP contribution is 2.29. The van der Waals surface area contributed by atoms with Gasteiger partial charge in [-0.15, -0.1) is 0 Å². The summed E-state index contributed by atoms with van der Waals surface area (Å²) in [5.74, 6) is 0.266. The van der Waals surface area contributed by atoms with Crippen molar-refractivity contribution in [2.75, 3.05) is 20.3 Å². The van der Waals surface area contributed by atoms with Crippen LogP contribution in [0.4, 0.5) is 0 Å². The van der Waals surface area contributed by atoms with E-state index in [2.05, 4.69) is 21.2 Å². The Morgan fingerprint density at radius 1 is 1.45 bits per heavy atom. The van der Waals surface area contributed by atoms with Crippen LogP contribution in [0.1, 0.15) is 25.5 Å². The molecule has 0 aliphatic carbocycles. The molecule has 0 aromatic heterocycles. The minimum atomic E-state index is -0.665. The molecule has 2 atom stereocenters. The van der Waals surface area contributed by atoms with Crippen molar-refractivity contribution >= 4 is 21.8 Å². The Hall–Kier alpha value is -1.11. The summed E-state index contributed by atoms with van der Waals surface area (Å²) in [6, 6.07) is 5.32. The second-order valence-corrected chi connectivity index (χ2v) is 5.32.